The fourth-order valence-electron chi connectivity index (χ4n) is 2.34. The van der Waals surface area contributed by atoms with Crippen molar-refractivity contribution in [2.24, 2.45) is 5.92 Å². The molecule has 0 saturated carbocycles. The van der Waals surface area contributed by atoms with E-state index in [0.717, 1.165) is 24.6 Å². The topological polar surface area (TPSA) is 34.1 Å². The second kappa shape index (κ2) is 7.87. The maximum Gasteiger partial charge on any atom is 0.0929 e. The lowest BCUT2D eigenvalue weighted by Crippen LogP contribution is -2.30. The fraction of sp³-hybridized carbons (Fsp3) is 0.786. The number of piperidine rings is 1. The Bertz CT molecular complexity index is 334. The third-order valence-electron chi connectivity index (χ3n) is 3.38. The van der Waals surface area contributed by atoms with E-state index in [2.05, 4.69) is 22.6 Å². The monoisotopic (exact) mass is 268 g/mol. The molecule has 0 aromatic carbocycles. The van der Waals surface area contributed by atoms with Crippen LogP contribution >= 0.6 is 11.3 Å². The van der Waals surface area contributed by atoms with Crippen LogP contribution < -0.4 is 5.32 Å². The van der Waals surface area contributed by atoms with E-state index in [4.69, 9.17) is 4.74 Å². The van der Waals surface area contributed by atoms with Crippen LogP contribution in [0.15, 0.2) is 5.38 Å². The molecule has 1 aromatic heterocycles. The molecule has 4 heteroatoms. The van der Waals surface area contributed by atoms with Gasteiger partial charge in [-0.25, -0.2) is 4.98 Å². The highest BCUT2D eigenvalue weighted by atomic mass is 32.1. The van der Waals surface area contributed by atoms with E-state index in [9.17, 15) is 0 Å². The van der Waals surface area contributed by atoms with Crippen LogP contribution in [0.25, 0.3) is 0 Å². The van der Waals surface area contributed by atoms with Crippen LogP contribution in [0.3, 0.4) is 0 Å². The molecule has 1 aliphatic rings. The van der Waals surface area contributed by atoms with E-state index in [0.29, 0.717) is 6.61 Å². The summed E-state index contributed by atoms with van der Waals surface area (Å²) in [4.78, 5) is 4.57. The van der Waals surface area contributed by atoms with Crippen molar-refractivity contribution in [2.75, 3.05) is 19.7 Å². The first-order chi connectivity index (χ1) is 8.88. The smallest absolute Gasteiger partial charge is 0.0929 e. The number of aromatic nitrogens is 1. The number of thiazole rings is 1. The minimum absolute atomic E-state index is 0.681. The lowest BCUT2D eigenvalue weighted by Gasteiger charge is -2.22. The average Bonchev–Trinajstić information content (AvgIpc) is 2.84. The molecule has 1 saturated heterocycles. The lowest BCUT2D eigenvalue weighted by atomic mass is 9.97. The normalized spacial score (nSPS) is 20.2. The van der Waals surface area contributed by atoms with Crippen molar-refractivity contribution in [2.45, 2.75) is 45.6 Å². The van der Waals surface area contributed by atoms with E-state index in [1.54, 1.807) is 11.3 Å². The molecule has 1 N–H and O–H groups in total. The molecule has 0 spiro atoms. The van der Waals surface area contributed by atoms with Crippen molar-refractivity contribution in [1.82, 2.24) is 10.3 Å². The van der Waals surface area contributed by atoms with Gasteiger partial charge in [-0.1, -0.05) is 6.92 Å². The highest BCUT2D eigenvalue weighted by Crippen LogP contribution is 2.15. The molecule has 18 heavy (non-hydrogen) atoms. The van der Waals surface area contributed by atoms with Crippen molar-refractivity contribution >= 4 is 11.3 Å². The molecule has 0 amide bonds. The number of aryl methyl sites for hydroxylation is 1. The van der Waals surface area contributed by atoms with Gasteiger partial charge in [0.15, 0.2) is 0 Å². The van der Waals surface area contributed by atoms with Crippen molar-refractivity contribution < 1.29 is 4.74 Å². The van der Waals surface area contributed by atoms with Crippen LogP contribution in [0, 0.1) is 5.92 Å². The number of nitrogens with zero attached hydrogens (tertiary/aromatic N) is 1. The molecule has 0 aliphatic carbocycles. The summed E-state index contributed by atoms with van der Waals surface area (Å²) in [7, 11) is 0. The van der Waals surface area contributed by atoms with Gasteiger partial charge < -0.3 is 10.1 Å². The zero-order valence-corrected chi connectivity index (χ0v) is 12.1. The molecule has 2 heterocycles. The van der Waals surface area contributed by atoms with Gasteiger partial charge in [0, 0.05) is 12.0 Å². The molecular formula is C14H24N2OS. The van der Waals surface area contributed by atoms with E-state index in [1.165, 1.54) is 43.8 Å². The fourth-order valence-corrected chi connectivity index (χ4v) is 3.23. The summed E-state index contributed by atoms with van der Waals surface area (Å²) in [6.07, 6.45) is 6.12. The molecule has 1 fully saturated rings. The van der Waals surface area contributed by atoms with Gasteiger partial charge in [0.05, 0.1) is 17.3 Å². The maximum absolute atomic E-state index is 5.73. The minimum atomic E-state index is 0.681. The Balaban J connectivity index is 1.59. The minimum Gasteiger partial charge on any atom is -0.375 e. The molecule has 102 valence electrons. The second-order valence-electron chi connectivity index (χ2n) is 5.04. The van der Waals surface area contributed by atoms with Gasteiger partial charge in [0.2, 0.25) is 0 Å². The van der Waals surface area contributed by atoms with E-state index in [1.807, 2.05) is 0 Å². The Hall–Kier alpha value is -0.450. The van der Waals surface area contributed by atoms with E-state index in [-0.39, 0.29) is 0 Å². The zero-order valence-electron chi connectivity index (χ0n) is 11.3. The number of hydrogen-bond acceptors (Lipinski definition) is 4. The van der Waals surface area contributed by atoms with Gasteiger partial charge in [-0.2, -0.15) is 0 Å². The van der Waals surface area contributed by atoms with Gasteiger partial charge in [-0.15, -0.1) is 11.3 Å². The Morgan fingerprint density at radius 3 is 3.28 bits per heavy atom. The first kappa shape index (κ1) is 14.0. The third-order valence-corrected chi connectivity index (χ3v) is 4.34. The molecule has 1 atom stereocenters. The summed E-state index contributed by atoms with van der Waals surface area (Å²) in [5, 5.41) is 6.82. The number of hydrogen-bond donors (Lipinski definition) is 1. The third kappa shape index (κ3) is 4.67. The van der Waals surface area contributed by atoms with Crippen LogP contribution in [0.2, 0.25) is 0 Å². The molecule has 1 unspecified atom stereocenters. The summed E-state index contributed by atoms with van der Waals surface area (Å²) < 4.78 is 5.73. The number of nitrogens with one attached hydrogen (secondary N) is 1. The van der Waals surface area contributed by atoms with Crippen LogP contribution in [0.4, 0.5) is 0 Å². The second-order valence-corrected chi connectivity index (χ2v) is 5.98. The Labute approximate surface area is 114 Å². The van der Waals surface area contributed by atoms with Crippen LogP contribution in [0.1, 0.15) is 43.3 Å². The highest BCUT2D eigenvalue weighted by molar-refractivity contribution is 7.09. The molecule has 3 nitrogen and oxygen atoms in total. The van der Waals surface area contributed by atoms with Crippen molar-refractivity contribution in [3.05, 3.63) is 16.1 Å². The lowest BCUT2D eigenvalue weighted by molar-refractivity contribution is 0.101. The predicted molar refractivity (Wildman–Crippen MR) is 76.0 cm³/mol. The number of ether oxygens (including phenoxy) is 1. The Morgan fingerprint density at radius 2 is 2.50 bits per heavy atom. The SMILES string of the molecule is CCCc1nc(COCCC2CCCNC2)cs1. The molecule has 2 rings (SSSR count). The summed E-state index contributed by atoms with van der Waals surface area (Å²) in [6, 6.07) is 0. The molecule has 1 aliphatic heterocycles. The van der Waals surface area contributed by atoms with E-state index >= 15 is 0 Å². The van der Waals surface area contributed by atoms with Crippen LogP contribution in [0.5, 0.6) is 0 Å². The standard InChI is InChI=1S/C14H24N2OS/c1-2-4-14-16-13(11-18-14)10-17-8-6-12-5-3-7-15-9-12/h11-12,15H,2-10H2,1H3. The van der Waals surface area contributed by atoms with Gasteiger partial charge >= 0.3 is 0 Å². The van der Waals surface area contributed by atoms with Gasteiger partial charge in [-0.3, -0.25) is 0 Å². The van der Waals surface area contributed by atoms with Crippen LogP contribution in [-0.4, -0.2) is 24.7 Å². The molecule has 1 aromatic rings. The number of rotatable bonds is 7. The van der Waals surface area contributed by atoms with Crippen molar-refractivity contribution in [3.63, 3.8) is 0 Å². The Morgan fingerprint density at radius 1 is 1.56 bits per heavy atom. The Kier molecular flexibility index (Phi) is 6.11. The first-order valence-corrected chi connectivity index (χ1v) is 7.98. The van der Waals surface area contributed by atoms with Gasteiger partial charge in [0.1, 0.15) is 0 Å². The first-order valence-electron chi connectivity index (χ1n) is 7.10. The van der Waals surface area contributed by atoms with E-state index < -0.39 is 0 Å². The zero-order chi connectivity index (χ0) is 12.6. The van der Waals surface area contributed by atoms with Gasteiger partial charge in [0.25, 0.3) is 0 Å². The molecule has 0 bridgehead atoms. The van der Waals surface area contributed by atoms with Crippen molar-refractivity contribution in [1.29, 1.82) is 0 Å². The summed E-state index contributed by atoms with van der Waals surface area (Å²) in [5.41, 5.74) is 1.10. The van der Waals surface area contributed by atoms with Crippen LogP contribution in [-0.2, 0) is 17.8 Å². The predicted octanol–water partition coefficient (Wildman–Crippen LogP) is 3.00. The van der Waals surface area contributed by atoms with Crippen molar-refractivity contribution in [3.8, 4) is 0 Å². The van der Waals surface area contributed by atoms with Gasteiger partial charge in [-0.05, 0) is 51.1 Å². The molecule has 0 radical (unpaired) electrons. The molecular weight excluding hydrogens is 244 g/mol. The summed E-state index contributed by atoms with van der Waals surface area (Å²) >= 11 is 1.76. The average molecular weight is 268 g/mol. The highest BCUT2D eigenvalue weighted by Gasteiger charge is 2.12. The quantitative estimate of drug-likeness (QED) is 0.772. The largest absolute Gasteiger partial charge is 0.375 e. The summed E-state index contributed by atoms with van der Waals surface area (Å²) in [5.74, 6) is 0.810. The summed E-state index contributed by atoms with van der Waals surface area (Å²) in [6.45, 7) is 6.10. The maximum atomic E-state index is 5.73.